The van der Waals surface area contributed by atoms with E-state index in [0.717, 1.165) is 17.0 Å². The van der Waals surface area contributed by atoms with Crippen LogP contribution < -0.4 is 15.0 Å². The fraction of sp³-hybridized carbons (Fsp3) is 0.556. The third-order valence-corrected chi connectivity index (χ3v) is 4.14. The lowest BCUT2D eigenvalue weighted by Crippen LogP contribution is -2.43. The molecule has 126 valence electrons. The molecule has 0 fully saturated rings. The molecule has 0 bridgehead atoms. The van der Waals surface area contributed by atoms with E-state index in [-0.39, 0.29) is 29.7 Å². The van der Waals surface area contributed by atoms with Gasteiger partial charge in [0.1, 0.15) is 5.75 Å². The van der Waals surface area contributed by atoms with E-state index in [1.807, 2.05) is 50.8 Å². The quantitative estimate of drug-likeness (QED) is 0.928. The van der Waals surface area contributed by atoms with Crippen LogP contribution in [0.25, 0.3) is 0 Å². The molecule has 2 rings (SSSR count). The Kier molecular flexibility index (Phi) is 5.29. The Morgan fingerprint density at radius 1 is 1.22 bits per heavy atom. The van der Waals surface area contributed by atoms with E-state index >= 15 is 0 Å². The number of benzene rings is 1. The van der Waals surface area contributed by atoms with Gasteiger partial charge in [-0.15, -0.1) is 0 Å². The van der Waals surface area contributed by atoms with Crippen molar-refractivity contribution in [3.8, 4) is 5.75 Å². The minimum Gasteiger partial charge on any atom is -0.497 e. The summed E-state index contributed by atoms with van der Waals surface area (Å²) in [5, 5.41) is 3.08. The number of hydrogen-bond acceptors (Lipinski definition) is 3. The largest absolute Gasteiger partial charge is 0.497 e. The molecule has 5 heteroatoms. The number of nitrogens with zero attached hydrogens (tertiary/aromatic N) is 1. The summed E-state index contributed by atoms with van der Waals surface area (Å²) in [6.07, 6.45) is 0.705. The monoisotopic (exact) mass is 318 g/mol. The molecule has 0 unspecified atom stereocenters. The molecule has 23 heavy (non-hydrogen) atoms. The van der Waals surface area contributed by atoms with E-state index in [1.54, 1.807) is 7.11 Å². The average Bonchev–Trinajstić information content (AvgIpc) is 2.53. The number of fused-ring (bicyclic) bond motifs is 1. The predicted molar refractivity (Wildman–Crippen MR) is 90.5 cm³/mol. The molecule has 1 heterocycles. The zero-order valence-electron chi connectivity index (χ0n) is 14.6. The molecule has 1 atom stereocenters. The number of methoxy groups -OCH3 is 1. The van der Waals surface area contributed by atoms with E-state index in [1.165, 1.54) is 0 Å². The van der Waals surface area contributed by atoms with Crippen LogP contribution in [-0.4, -0.2) is 25.5 Å². The maximum atomic E-state index is 12.5. The average molecular weight is 318 g/mol. The molecule has 0 radical (unpaired) electrons. The van der Waals surface area contributed by atoms with Gasteiger partial charge in [0.05, 0.1) is 13.2 Å². The first-order valence-electron chi connectivity index (χ1n) is 8.14. The van der Waals surface area contributed by atoms with Gasteiger partial charge in [-0.2, -0.15) is 0 Å². The minimum absolute atomic E-state index is 0.0207. The van der Waals surface area contributed by atoms with E-state index in [0.29, 0.717) is 13.0 Å². The van der Waals surface area contributed by atoms with Gasteiger partial charge in [-0.25, -0.2) is 0 Å². The molecule has 2 amide bonds. The lowest BCUT2D eigenvalue weighted by molar-refractivity contribution is -0.124. The standard InChI is InChI=1S/C18H26N2O3/c1-11(2)17(21)19-15-8-9-20(18(22)12(3)4)16-7-6-13(23-5)10-14(15)16/h6-7,10-12,15H,8-9H2,1-5H3,(H,19,21)/t15-/m1/s1. The van der Waals surface area contributed by atoms with Gasteiger partial charge in [-0.3, -0.25) is 9.59 Å². The molecule has 0 aromatic heterocycles. The van der Waals surface area contributed by atoms with Crippen LogP contribution in [0.2, 0.25) is 0 Å². The fourth-order valence-electron chi connectivity index (χ4n) is 2.75. The molecule has 1 aromatic carbocycles. The predicted octanol–water partition coefficient (Wildman–Crippen LogP) is 2.90. The number of ether oxygens (including phenoxy) is 1. The van der Waals surface area contributed by atoms with Crippen molar-refractivity contribution in [2.45, 2.75) is 40.2 Å². The molecule has 1 N–H and O–H groups in total. The van der Waals surface area contributed by atoms with Crippen molar-refractivity contribution in [3.05, 3.63) is 23.8 Å². The van der Waals surface area contributed by atoms with E-state index < -0.39 is 0 Å². The highest BCUT2D eigenvalue weighted by molar-refractivity contribution is 5.96. The summed E-state index contributed by atoms with van der Waals surface area (Å²) in [5.74, 6) is 0.718. The topological polar surface area (TPSA) is 58.6 Å². The van der Waals surface area contributed by atoms with Crippen LogP contribution in [-0.2, 0) is 9.59 Å². The van der Waals surface area contributed by atoms with Crippen molar-refractivity contribution in [1.82, 2.24) is 5.32 Å². The normalized spacial score (nSPS) is 17.2. The molecule has 0 aliphatic carbocycles. The second kappa shape index (κ2) is 7.02. The summed E-state index contributed by atoms with van der Waals surface area (Å²) in [5.41, 5.74) is 1.81. The zero-order valence-corrected chi connectivity index (χ0v) is 14.6. The van der Waals surface area contributed by atoms with Crippen LogP contribution in [0.4, 0.5) is 5.69 Å². The van der Waals surface area contributed by atoms with Gasteiger partial charge in [0.2, 0.25) is 11.8 Å². The Morgan fingerprint density at radius 2 is 1.91 bits per heavy atom. The maximum Gasteiger partial charge on any atom is 0.229 e. The fourth-order valence-corrected chi connectivity index (χ4v) is 2.75. The van der Waals surface area contributed by atoms with Crippen LogP contribution in [0.3, 0.4) is 0 Å². The summed E-state index contributed by atoms with van der Waals surface area (Å²) >= 11 is 0. The van der Waals surface area contributed by atoms with Gasteiger partial charge < -0.3 is 15.0 Å². The van der Waals surface area contributed by atoms with Gasteiger partial charge >= 0.3 is 0 Å². The second-order valence-corrected chi connectivity index (χ2v) is 6.57. The van der Waals surface area contributed by atoms with Crippen LogP contribution in [0.5, 0.6) is 5.75 Å². The highest BCUT2D eigenvalue weighted by Gasteiger charge is 2.31. The highest BCUT2D eigenvalue weighted by Crippen LogP contribution is 2.37. The van der Waals surface area contributed by atoms with Crippen LogP contribution in [0.1, 0.15) is 45.7 Å². The third-order valence-electron chi connectivity index (χ3n) is 4.14. The molecular formula is C18H26N2O3. The van der Waals surface area contributed by atoms with Crippen LogP contribution in [0.15, 0.2) is 18.2 Å². The maximum absolute atomic E-state index is 12.5. The first-order valence-corrected chi connectivity index (χ1v) is 8.14. The lowest BCUT2D eigenvalue weighted by atomic mass is 9.94. The second-order valence-electron chi connectivity index (χ2n) is 6.57. The Morgan fingerprint density at radius 3 is 2.48 bits per heavy atom. The summed E-state index contributed by atoms with van der Waals surface area (Å²) < 4.78 is 5.31. The van der Waals surface area contributed by atoms with E-state index in [2.05, 4.69) is 5.32 Å². The van der Waals surface area contributed by atoms with E-state index in [4.69, 9.17) is 4.74 Å². The summed E-state index contributed by atoms with van der Waals surface area (Å²) in [4.78, 5) is 26.4. The van der Waals surface area contributed by atoms with Crippen molar-refractivity contribution >= 4 is 17.5 Å². The first-order chi connectivity index (χ1) is 10.8. The molecule has 5 nitrogen and oxygen atoms in total. The first kappa shape index (κ1) is 17.3. The molecule has 1 aromatic rings. The molecular weight excluding hydrogens is 292 g/mol. The number of hydrogen-bond donors (Lipinski definition) is 1. The summed E-state index contributed by atoms with van der Waals surface area (Å²) in [6, 6.07) is 5.58. The molecule has 0 saturated carbocycles. The van der Waals surface area contributed by atoms with Crippen LogP contribution in [0, 0.1) is 11.8 Å². The van der Waals surface area contributed by atoms with Crippen molar-refractivity contribution in [2.75, 3.05) is 18.6 Å². The van der Waals surface area contributed by atoms with Gasteiger partial charge in [0.15, 0.2) is 0 Å². The Bertz CT molecular complexity index is 596. The van der Waals surface area contributed by atoms with Gasteiger partial charge in [-0.1, -0.05) is 27.7 Å². The summed E-state index contributed by atoms with van der Waals surface area (Å²) in [6.45, 7) is 8.16. The molecule has 0 saturated heterocycles. The number of amides is 2. The number of nitrogens with one attached hydrogen (secondary N) is 1. The van der Waals surface area contributed by atoms with Crippen molar-refractivity contribution in [2.24, 2.45) is 11.8 Å². The summed E-state index contributed by atoms with van der Waals surface area (Å²) in [7, 11) is 1.61. The van der Waals surface area contributed by atoms with Crippen molar-refractivity contribution in [3.63, 3.8) is 0 Å². The van der Waals surface area contributed by atoms with Crippen molar-refractivity contribution in [1.29, 1.82) is 0 Å². The van der Waals surface area contributed by atoms with Crippen molar-refractivity contribution < 1.29 is 14.3 Å². The van der Waals surface area contributed by atoms with Gasteiger partial charge in [0.25, 0.3) is 0 Å². The van der Waals surface area contributed by atoms with Gasteiger partial charge in [0, 0.05) is 29.6 Å². The molecule has 1 aliphatic rings. The Labute approximate surface area is 138 Å². The lowest BCUT2D eigenvalue weighted by Gasteiger charge is -2.36. The number of rotatable bonds is 4. The van der Waals surface area contributed by atoms with Gasteiger partial charge in [-0.05, 0) is 24.6 Å². The smallest absolute Gasteiger partial charge is 0.229 e. The van der Waals surface area contributed by atoms with Crippen LogP contribution >= 0.6 is 0 Å². The third kappa shape index (κ3) is 3.66. The minimum atomic E-state index is -0.0915. The SMILES string of the molecule is COc1ccc2c(c1)[C@H](NC(=O)C(C)C)CCN2C(=O)C(C)C. The number of carbonyl (C=O) groups excluding carboxylic acids is 2. The number of anilines is 1. The zero-order chi connectivity index (χ0) is 17.1. The molecule has 1 aliphatic heterocycles. The Balaban J connectivity index is 2.38. The number of carbonyl (C=O) groups is 2. The molecule has 0 spiro atoms. The van der Waals surface area contributed by atoms with E-state index in [9.17, 15) is 9.59 Å². The highest BCUT2D eigenvalue weighted by atomic mass is 16.5. The Hall–Kier alpha value is -2.04.